The van der Waals surface area contributed by atoms with E-state index in [0.717, 1.165) is 0 Å². The minimum absolute atomic E-state index is 0.194. The van der Waals surface area contributed by atoms with Crippen molar-refractivity contribution in [3.63, 3.8) is 0 Å². The van der Waals surface area contributed by atoms with Gasteiger partial charge in [-0.2, -0.15) is 0 Å². The van der Waals surface area contributed by atoms with Gasteiger partial charge in [0.1, 0.15) is 0 Å². The fourth-order valence-corrected chi connectivity index (χ4v) is 2.54. The molecule has 0 aromatic heterocycles. The fourth-order valence-electron chi connectivity index (χ4n) is 2.54. The molecule has 0 bridgehead atoms. The van der Waals surface area contributed by atoms with Crippen molar-refractivity contribution in [2.45, 2.75) is 85.5 Å². The maximum Gasteiger partial charge on any atom is 0.0272 e. The molecule has 0 heteroatoms. The first-order chi connectivity index (χ1) is 7.71. The Bertz CT molecular complexity index is 116. The van der Waals surface area contributed by atoms with Crippen LogP contribution in [0.1, 0.15) is 86.8 Å². The van der Waals surface area contributed by atoms with Gasteiger partial charge in [-0.1, -0.05) is 79.1 Å². The lowest BCUT2D eigenvalue weighted by atomic mass is 9.84. The third kappa shape index (κ3) is 7.88. The van der Waals surface area contributed by atoms with Crippen LogP contribution in [0.5, 0.6) is 0 Å². The van der Waals surface area contributed by atoms with E-state index in [-0.39, 0.29) is 6.40 Å². The van der Waals surface area contributed by atoms with E-state index in [1.165, 1.54) is 51.4 Å². The van der Waals surface area contributed by atoms with Crippen LogP contribution in [0.2, 0.25) is 0 Å². The van der Waals surface area contributed by atoms with Crippen LogP contribution < -0.4 is 0 Å². The third-order valence-corrected chi connectivity index (χ3v) is 3.18. The standard InChI is InChI=1S/C15H32/c1-5-9-14(10-6-2)13-15(11-7-3)12-8-4/h14-15H,5-13H2,1-4H3/i13D. The van der Waals surface area contributed by atoms with E-state index in [1.807, 2.05) is 0 Å². The highest BCUT2D eigenvalue weighted by molar-refractivity contribution is 4.66. The van der Waals surface area contributed by atoms with Crippen LogP contribution in [0, 0.1) is 11.8 Å². The van der Waals surface area contributed by atoms with Crippen molar-refractivity contribution in [3.8, 4) is 0 Å². The summed E-state index contributed by atoms with van der Waals surface area (Å²) in [6, 6.07) is 0. The molecule has 0 aliphatic rings. The van der Waals surface area contributed by atoms with Gasteiger partial charge in [0.2, 0.25) is 0 Å². The van der Waals surface area contributed by atoms with Gasteiger partial charge in [-0.05, 0) is 18.2 Å². The van der Waals surface area contributed by atoms with Crippen LogP contribution >= 0.6 is 0 Å². The largest absolute Gasteiger partial charge is 0.0654 e. The molecule has 0 radical (unpaired) electrons. The molecule has 0 unspecified atom stereocenters. The number of hydrogen-bond acceptors (Lipinski definition) is 0. The zero-order valence-electron chi connectivity index (χ0n) is 12.4. The Kier molecular flexibility index (Phi) is 9.16. The molecular formula is C15H32. The summed E-state index contributed by atoms with van der Waals surface area (Å²) in [4.78, 5) is 0. The van der Waals surface area contributed by atoms with E-state index in [1.54, 1.807) is 0 Å². The van der Waals surface area contributed by atoms with E-state index >= 15 is 0 Å². The monoisotopic (exact) mass is 213 g/mol. The van der Waals surface area contributed by atoms with Crippen molar-refractivity contribution in [2.75, 3.05) is 0 Å². The Morgan fingerprint density at radius 2 is 0.933 bits per heavy atom. The highest BCUT2D eigenvalue weighted by atomic mass is 14.2. The van der Waals surface area contributed by atoms with Gasteiger partial charge >= 0.3 is 0 Å². The minimum atomic E-state index is 0.194. The highest BCUT2D eigenvalue weighted by Gasteiger charge is 2.14. The van der Waals surface area contributed by atoms with Gasteiger partial charge in [0.25, 0.3) is 0 Å². The van der Waals surface area contributed by atoms with E-state index in [4.69, 9.17) is 1.37 Å². The lowest BCUT2D eigenvalue weighted by molar-refractivity contribution is 0.301. The van der Waals surface area contributed by atoms with E-state index in [2.05, 4.69) is 27.7 Å². The molecule has 0 aromatic carbocycles. The summed E-state index contributed by atoms with van der Waals surface area (Å²) in [7, 11) is 0. The van der Waals surface area contributed by atoms with Gasteiger partial charge in [0, 0.05) is 1.37 Å². The Balaban J connectivity index is 4.31. The average Bonchev–Trinajstić information content (AvgIpc) is 2.27. The zero-order valence-corrected chi connectivity index (χ0v) is 11.4. The Morgan fingerprint density at radius 3 is 1.13 bits per heavy atom. The number of rotatable bonds is 10. The summed E-state index contributed by atoms with van der Waals surface area (Å²) in [5.41, 5.74) is 0. The lowest BCUT2D eigenvalue weighted by Gasteiger charge is -2.22. The van der Waals surface area contributed by atoms with Crippen LogP contribution in [0.4, 0.5) is 0 Å². The molecule has 0 saturated heterocycles. The predicted molar refractivity (Wildman–Crippen MR) is 71.2 cm³/mol. The summed E-state index contributed by atoms with van der Waals surface area (Å²) in [5, 5.41) is 0. The van der Waals surface area contributed by atoms with Crippen molar-refractivity contribution < 1.29 is 1.37 Å². The molecule has 0 heterocycles. The first-order valence-corrected chi connectivity index (χ1v) is 7.13. The molecule has 0 rings (SSSR count). The first-order valence-electron chi connectivity index (χ1n) is 7.71. The molecule has 0 aliphatic heterocycles. The molecular weight excluding hydrogens is 180 g/mol. The summed E-state index contributed by atoms with van der Waals surface area (Å²) in [6.07, 6.45) is 10.2. The van der Waals surface area contributed by atoms with Crippen molar-refractivity contribution in [1.29, 1.82) is 0 Å². The summed E-state index contributed by atoms with van der Waals surface area (Å²) >= 11 is 0. The molecule has 0 N–H and O–H groups in total. The predicted octanol–water partition coefficient (Wildman–Crippen LogP) is 5.81. The molecule has 0 spiro atoms. The summed E-state index contributed by atoms with van der Waals surface area (Å²) in [5.74, 6) is 1.30. The topological polar surface area (TPSA) is 0 Å². The van der Waals surface area contributed by atoms with Gasteiger partial charge in [-0.25, -0.2) is 0 Å². The summed E-state index contributed by atoms with van der Waals surface area (Å²) in [6.45, 7) is 9.02. The van der Waals surface area contributed by atoms with Gasteiger partial charge in [0.05, 0.1) is 0 Å². The van der Waals surface area contributed by atoms with E-state index in [0.29, 0.717) is 11.8 Å². The first kappa shape index (κ1) is 13.1. The summed E-state index contributed by atoms with van der Waals surface area (Å²) < 4.78 is 8.50. The molecule has 0 aromatic rings. The van der Waals surface area contributed by atoms with Crippen LogP contribution in [-0.4, -0.2) is 0 Å². The van der Waals surface area contributed by atoms with Gasteiger partial charge in [0.15, 0.2) is 0 Å². The fraction of sp³-hybridized carbons (Fsp3) is 1.00. The Morgan fingerprint density at radius 1 is 0.667 bits per heavy atom. The van der Waals surface area contributed by atoms with Gasteiger partial charge in [-0.15, -0.1) is 0 Å². The maximum absolute atomic E-state index is 8.50. The van der Waals surface area contributed by atoms with E-state index in [9.17, 15) is 0 Å². The Labute approximate surface area is 99.3 Å². The molecule has 0 amide bonds. The van der Waals surface area contributed by atoms with Crippen molar-refractivity contribution in [3.05, 3.63) is 0 Å². The third-order valence-electron chi connectivity index (χ3n) is 3.18. The molecule has 0 atom stereocenters. The number of hydrogen-bond donors (Lipinski definition) is 0. The highest BCUT2D eigenvalue weighted by Crippen LogP contribution is 2.27. The molecule has 92 valence electrons. The normalized spacial score (nSPS) is 12.9. The molecule has 0 saturated carbocycles. The molecule has 15 heavy (non-hydrogen) atoms. The quantitative estimate of drug-likeness (QED) is 0.429. The van der Waals surface area contributed by atoms with Crippen LogP contribution in [0.25, 0.3) is 0 Å². The van der Waals surface area contributed by atoms with Gasteiger partial charge in [-0.3, -0.25) is 0 Å². The van der Waals surface area contributed by atoms with Crippen molar-refractivity contribution in [2.24, 2.45) is 11.8 Å². The second-order valence-electron chi connectivity index (χ2n) is 4.87. The second-order valence-corrected chi connectivity index (χ2v) is 4.87. The average molecular weight is 213 g/mol. The maximum atomic E-state index is 8.50. The van der Waals surface area contributed by atoms with Crippen LogP contribution in [-0.2, 0) is 0 Å². The Hall–Kier alpha value is 0. The molecule has 0 aliphatic carbocycles. The van der Waals surface area contributed by atoms with Crippen LogP contribution in [0.15, 0.2) is 0 Å². The lowest BCUT2D eigenvalue weighted by Crippen LogP contribution is -2.09. The zero-order chi connectivity index (χ0) is 12.4. The van der Waals surface area contributed by atoms with Crippen molar-refractivity contribution in [1.82, 2.24) is 0 Å². The minimum Gasteiger partial charge on any atom is -0.0654 e. The van der Waals surface area contributed by atoms with E-state index < -0.39 is 0 Å². The SMILES string of the molecule is [2H]C(C(CCC)CCC)C(CCC)CCC. The van der Waals surface area contributed by atoms with Crippen molar-refractivity contribution >= 4 is 0 Å². The smallest absolute Gasteiger partial charge is 0.0272 e. The van der Waals surface area contributed by atoms with Crippen LogP contribution in [0.3, 0.4) is 0 Å². The second kappa shape index (κ2) is 10.5. The molecule has 0 nitrogen and oxygen atoms in total. The van der Waals surface area contributed by atoms with Gasteiger partial charge < -0.3 is 0 Å². The molecule has 0 fully saturated rings.